The standard InChI is InChI=1S/C16H14N2O2S/c1-11-7-9-13(10-8-11)17-14(12-5-3-2-4-6-12)15(16(17)21)18(19)20/h2-10,14-15H,1H3/t14-,15+/m0/s1. The maximum atomic E-state index is 11.3. The lowest BCUT2D eigenvalue weighted by atomic mass is 9.89. The van der Waals surface area contributed by atoms with Crippen LogP contribution in [0.1, 0.15) is 17.2 Å². The zero-order chi connectivity index (χ0) is 15.0. The highest BCUT2D eigenvalue weighted by atomic mass is 32.1. The number of anilines is 1. The van der Waals surface area contributed by atoms with Crippen molar-refractivity contribution in [2.24, 2.45) is 0 Å². The summed E-state index contributed by atoms with van der Waals surface area (Å²) in [6.45, 7) is 2.01. The number of nitrogens with zero attached hydrogens (tertiary/aromatic N) is 2. The summed E-state index contributed by atoms with van der Waals surface area (Å²) in [7, 11) is 0. The van der Waals surface area contributed by atoms with E-state index in [1.54, 1.807) is 0 Å². The maximum Gasteiger partial charge on any atom is 0.287 e. The van der Waals surface area contributed by atoms with Gasteiger partial charge in [0.25, 0.3) is 6.04 Å². The van der Waals surface area contributed by atoms with Gasteiger partial charge >= 0.3 is 0 Å². The summed E-state index contributed by atoms with van der Waals surface area (Å²) in [6, 6.07) is 16.2. The van der Waals surface area contributed by atoms with Crippen molar-refractivity contribution >= 4 is 22.9 Å². The average molecular weight is 298 g/mol. The maximum absolute atomic E-state index is 11.3. The van der Waals surface area contributed by atoms with Crippen molar-refractivity contribution < 1.29 is 4.92 Å². The number of rotatable bonds is 3. The Morgan fingerprint density at radius 1 is 1.10 bits per heavy atom. The molecule has 1 aliphatic rings. The molecule has 1 fully saturated rings. The number of benzene rings is 2. The Balaban J connectivity index is 2.01. The molecule has 0 radical (unpaired) electrons. The number of nitro groups is 1. The number of hydrogen-bond acceptors (Lipinski definition) is 3. The predicted octanol–water partition coefficient (Wildman–Crippen LogP) is 3.53. The van der Waals surface area contributed by atoms with Crippen molar-refractivity contribution in [3.8, 4) is 0 Å². The Morgan fingerprint density at radius 2 is 1.71 bits per heavy atom. The van der Waals surface area contributed by atoms with Crippen LogP contribution in [-0.4, -0.2) is 16.0 Å². The molecule has 1 heterocycles. The average Bonchev–Trinajstić information content (AvgIpc) is 2.47. The summed E-state index contributed by atoms with van der Waals surface area (Å²) in [5, 5.41) is 11.3. The molecule has 2 aromatic rings. The molecule has 1 saturated heterocycles. The smallest absolute Gasteiger partial charge is 0.287 e. The van der Waals surface area contributed by atoms with E-state index in [-0.39, 0.29) is 11.0 Å². The summed E-state index contributed by atoms with van der Waals surface area (Å²) in [5.74, 6) is 0. The molecule has 2 aromatic carbocycles. The normalized spacial score (nSPS) is 21.0. The van der Waals surface area contributed by atoms with Crippen LogP contribution < -0.4 is 4.90 Å². The minimum absolute atomic E-state index is 0.287. The van der Waals surface area contributed by atoms with Gasteiger partial charge in [-0.15, -0.1) is 0 Å². The van der Waals surface area contributed by atoms with Gasteiger partial charge in [-0.3, -0.25) is 10.1 Å². The largest absolute Gasteiger partial charge is 0.315 e. The summed E-state index contributed by atoms with van der Waals surface area (Å²) in [5.41, 5.74) is 2.96. The fraction of sp³-hybridized carbons (Fsp3) is 0.188. The van der Waals surface area contributed by atoms with Gasteiger partial charge in [-0.2, -0.15) is 0 Å². The van der Waals surface area contributed by atoms with E-state index < -0.39 is 6.04 Å². The van der Waals surface area contributed by atoms with Crippen molar-refractivity contribution in [3.05, 3.63) is 75.8 Å². The Labute approximate surface area is 128 Å². The zero-order valence-electron chi connectivity index (χ0n) is 11.5. The third-order valence-electron chi connectivity index (χ3n) is 3.75. The first kappa shape index (κ1) is 13.7. The van der Waals surface area contributed by atoms with Gasteiger partial charge < -0.3 is 4.90 Å². The van der Waals surface area contributed by atoms with Crippen LogP contribution >= 0.6 is 12.2 Å². The van der Waals surface area contributed by atoms with Crippen molar-refractivity contribution in [1.82, 2.24) is 0 Å². The van der Waals surface area contributed by atoms with E-state index in [0.717, 1.165) is 16.8 Å². The van der Waals surface area contributed by atoms with E-state index >= 15 is 0 Å². The SMILES string of the molecule is Cc1ccc(N2C(=S)[C@H]([N+](=O)[O-])[C@@H]2c2ccccc2)cc1. The van der Waals surface area contributed by atoms with Crippen LogP contribution in [0.5, 0.6) is 0 Å². The lowest BCUT2D eigenvalue weighted by Crippen LogP contribution is -2.61. The second-order valence-corrected chi connectivity index (χ2v) is 5.55. The fourth-order valence-electron chi connectivity index (χ4n) is 2.65. The molecule has 0 amide bonds. The molecule has 0 spiro atoms. The van der Waals surface area contributed by atoms with Crippen LogP contribution in [0.15, 0.2) is 54.6 Å². The number of aryl methyl sites for hydroxylation is 1. The molecule has 2 atom stereocenters. The third kappa shape index (κ3) is 2.29. The molecule has 3 rings (SSSR count). The van der Waals surface area contributed by atoms with Gasteiger partial charge in [0.05, 0.1) is 0 Å². The molecule has 0 aromatic heterocycles. The lowest BCUT2D eigenvalue weighted by Gasteiger charge is -2.44. The molecular formula is C16H14N2O2S. The molecule has 0 unspecified atom stereocenters. The lowest BCUT2D eigenvalue weighted by molar-refractivity contribution is -0.512. The van der Waals surface area contributed by atoms with Gasteiger partial charge in [0.2, 0.25) is 0 Å². The second kappa shape index (κ2) is 5.26. The monoisotopic (exact) mass is 298 g/mol. The topological polar surface area (TPSA) is 46.4 Å². The van der Waals surface area contributed by atoms with E-state index in [0.29, 0.717) is 4.99 Å². The van der Waals surface area contributed by atoms with Gasteiger partial charge in [-0.25, -0.2) is 0 Å². The van der Waals surface area contributed by atoms with Crippen LogP contribution in [-0.2, 0) is 0 Å². The Morgan fingerprint density at radius 3 is 2.29 bits per heavy atom. The Kier molecular flexibility index (Phi) is 3.43. The van der Waals surface area contributed by atoms with E-state index in [1.807, 2.05) is 66.4 Å². The second-order valence-electron chi connectivity index (χ2n) is 5.13. The quantitative estimate of drug-likeness (QED) is 0.494. The zero-order valence-corrected chi connectivity index (χ0v) is 12.3. The molecule has 21 heavy (non-hydrogen) atoms. The van der Waals surface area contributed by atoms with Crippen LogP contribution in [0, 0.1) is 17.0 Å². The van der Waals surface area contributed by atoms with E-state index in [2.05, 4.69) is 0 Å². The van der Waals surface area contributed by atoms with Gasteiger partial charge in [0.1, 0.15) is 6.04 Å². The summed E-state index contributed by atoms with van der Waals surface area (Å²) in [6.07, 6.45) is 0. The highest BCUT2D eigenvalue weighted by molar-refractivity contribution is 7.80. The van der Waals surface area contributed by atoms with Gasteiger partial charge in [0.15, 0.2) is 4.99 Å². The van der Waals surface area contributed by atoms with Crippen LogP contribution in [0.3, 0.4) is 0 Å². The first-order chi connectivity index (χ1) is 10.1. The number of thiocarbonyl (C=S) groups is 1. The van der Waals surface area contributed by atoms with Gasteiger partial charge in [0, 0.05) is 10.6 Å². The summed E-state index contributed by atoms with van der Waals surface area (Å²) >= 11 is 5.28. The molecule has 0 saturated carbocycles. The molecule has 5 heteroatoms. The molecule has 4 nitrogen and oxygen atoms in total. The number of hydrogen-bond donors (Lipinski definition) is 0. The first-order valence-electron chi connectivity index (χ1n) is 6.68. The van der Waals surface area contributed by atoms with Gasteiger partial charge in [-0.05, 0) is 24.6 Å². The van der Waals surface area contributed by atoms with E-state index in [1.165, 1.54) is 0 Å². The van der Waals surface area contributed by atoms with Crippen LogP contribution in [0.25, 0.3) is 0 Å². The molecular weight excluding hydrogens is 284 g/mol. The summed E-state index contributed by atoms with van der Waals surface area (Å²) < 4.78 is 0. The van der Waals surface area contributed by atoms with E-state index in [4.69, 9.17) is 12.2 Å². The van der Waals surface area contributed by atoms with Gasteiger partial charge in [-0.1, -0.05) is 60.2 Å². The molecule has 0 bridgehead atoms. The van der Waals surface area contributed by atoms with Crippen LogP contribution in [0.4, 0.5) is 5.69 Å². The van der Waals surface area contributed by atoms with Crippen LogP contribution in [0.2, 0.25) is 0 Å². The molecule has 0 N–H and O–H groups in total. The highest BCUT2D eigenvalue weighted by Gasteiger charge is 2.54. The van der Waals surface area contributed by atoms with Crippen molar-refractivity contribution in [2.75, 3.05) is 4.90 Å². The molecule has 106 valence electrons. The van der Waals surface area contributed by atoms with E-state index in [9.17, 15) is 10.1 Å². The van der Waals surface area contributed by atoms with Crippen molar-refractivity contribution in [3.63, 3.8) is 0 Å². The first-order valence-corrected chi connectivity index (χ1v) is 7.08. The minimum atomic E-state index is -0.830. The Hall–Kier alpha value is -2.27. The third-order valence-corrected chi connectivity index (χ3v) is 4.19. The molecule has 0 aliphatic carbocycles. The van der Waals surface area contributed by atoms with Crippen molar-refractivity contribution in [2.45, 2.75) is 19.0 Å². The predicted molar refractivity (Wildman–Crippen MR) is 86.2 cm³/mol. The Bertz CT molecular complexity index is 685. The fourth-order valence-corrected chi connectivity index (χ4v) is 3.09. The molecule has 1 aliphatic heterocycles. The van der Waals surface area contributed by atoms with Crippen molar-refractivity contribution in [1.29, 1.82) is 0 Å². The highest BCUT2D eigenvalue weighted by Crippen LogP contribution is 2.41. The minimum Gasteiger partial charge on any atom is -0.315 e. The summed E-state index contributed by atoms with van der Waals surface area (Å²) in [4.78, 5) is 13.3.